The highest BCUT2D eigenvalue weighted by atomic mass is 32.1. The van der Waals surface area contributed by atoms with Crippen LogP contribution in [-0.2, 0) is 0 Å². The molecular weight excluding hydrogens is 276 g/mol. The fourth-order valence-corrected chi connectivity index (χ4v) is 2.77. The molecule has 0 aliphatic heterocycles. The van der Waals surface area contributed by atoms with Crippen molar-refractivity contribution in [2.75, 3.05) is 10.7 Å². The van der Waals surface area contributed by atoms with Gasteiger partial charge >= 0.3 is 0 Å². The van der Waals surface area contributed by atoms with E-state index in [9.17, 15) is 10.1 Å². The van der Waals surface area contributed by atoms with Gasteiger partial charge in [0.2, 0.25) is 0 Å². The van der Waals surface area contributed by atoms with E-state index in [1.54, 1.807) is 17.4 Å². The Morgan fingerprint density at radius 3 is 2.55 bits per heavy atom. The third kappa shape index (κ3) is 3.25. The van der Waals surface area contributed by atoms with Gasteiger partial charge in [0.1, 0.15) is 0 Å². The molecule has 1 unspecified atom stereocenters. The second-order valence-electron chi connectivity index (χ2n) is 4.48. The third-order valence-corrected chi connectivity index (χ3v) is 4.05. The zero-order valence-corrected chi connectivity index (χ0v) is 12.0. The molecule has 106 valence electrons. The molecule has 0 bridgehead atoms. The number of anilines is 2. The Bertz CT molecular complexity index is 627. The summed E-state index contributed by atoms with van der Waals surface area (Å²) >= 11 is 1.70. The molecule has 0 radical (unpaired) electrons. The first-order valence-corrected chi connectivity index (χ1v) is 6.90. The Morgan fingerprint density at radius 2 is 2.00 bits per heavy atom. The van der Waals surface area contributed by atoms with E-state index in [1.807, 2.05) is 13.8 Å². The van der Waals surface area contributed by atoms with Crippen LogP contribution in [0.1, 0.15) is 22.7 Å². The van der Waals surface area contributed by atoms with E-state index in [1.165, 1.54) is 21.9 Å². The van der Waals surface area contributed by atoms with E-state index in [4.69, 9.17) is 5.84 Å². The van der Waals surface area contributed by atoms with Gasteiger partial charge in [-0.3, -0.25) is 16.0 Å². The van der Waals surface area contributed by atoms with Crippen molar-refractivity contribution < 1.29 is 4.92 Å². The molecule has 0 saturated carbocycles. The van der Waals surface area contributed by atoms with E-state index in [-0.39, 0.29) is 11.7 Å². The number of nitrogen functional groups attached to an aromatic ring is 1. The maximum Gasteiger partial charge on any atom is 0.273 e. The first-order chi connectivity index (χ1) is 9.49. The standard InChI is InChI=1S/C13H16N4O2S/c1-8-3-4-13(20-8)9(2)15-10-5-11(16-14)7-12(6-10)17(18)19/h3-7,9,15-16H,14H2,1-2H3. The molecule has 0 spiro atoms. The highest BCUT2D eigenvalue weighted by molar-refractivity contribution is 7.12. The highest BCUT2D eigenvalue weighted by Crippen LogP contribution is 2.29. The third-order valence-electron chi connectivity index (χ3n) is 2.87. The maximum atomic E-state index is 10.9. The predicted octanol–water partition coefficient (Wildman–Crippen LogP) is 3.42. The number of non-ortho nitro benzene ring substituents is 1. The highest BCUT2D eigenvalue weighted by Gasteiger charge is 2.12. The maximum absolute atomic E-state index is 10.9. The number of nitrogens with two attached hydrogens (primary N) is 1. The molecule has 0 aliphatic carbocycles. The van der Waals surface area contributed by atoms with Crippen LogP contribution in [0.4, 0.5) is 17.1 Å². The molecule has 7 heteroatoms. The van der Waals surface area contributed by atoms with E-state index in [0.29, 0.717) is 11.4 Å². The van der Waals surface area contributed by atoms with Gasteiger partial charge in [0, 0.05) is 27.6 Å². The lowest BCUT2D eigenvalue weighted by Crippen LogP contribution is -2.09. The number of hydrogen-bond donors (Lipinski definition) is 3. The van der Waals surface area contributed by atoms with Crippen molar-refractivity contribution in [2.24, 2.45) is 5.84 Å². The lowest BCUT2D eigenvalue weighted by atomic mass is 10.2. The van der Waals surface area contributed by atoms with Gasteiger partial charge in [0.05, 0.1) is 16.7 Å². The lowest BCUT2D eigenvalue weighted by molar-refractivity contribution is -0.384. The minimum atomic E-state index is -0.439. The number of thiophene rings is 1. The molecule has 1 aromatic carbocycles. The summed E-state index contributed by atoms with van der Waals surface area (Å²) in [6.07, 6.45) is 0. The molecule has 20 heavy (non-hydrogen) atoms. The monoisotopic (exact) mass is 292 g/mol. The Morgan fingerprint density at radius 1 is 1.30 bits per heavy atom. The summed E-state index contributed by atoms with van der Waals surface area (Å²) in [6.45, 7) is 4.06. The number of hydrogen-bond acceptors (Lipinski definition) is 6. The summed E-state index contributed by atoms with van der Waals surface area (Å²) in [4.78, 5) is 12.9. The van der Waals surface area contributed by atoms with Gasteiger partial charge in [-0.25, -0.2) is 0 Å². The molecule has 1 heterocycles. The smallest absolute Gasteiger partial charge is 0.273 e. The van der Waals surface area contributed by atoms with Crippen LogP contribution in [0.2, 0.25) is 0 Å². The Hall–Kier alpha value is -2.12. The summed E-state index contributed by atoms with van der Waals surface area (Å²) < 4.78 is 0. The van der Waals surface area contributed by atoms with Crippen LogP contribution in [0.25, 0.3) is 0 Å². The minimum absolute atomic E-state index is 0.00231. The van der Waals surface area contributed by atoms with Gasteiger partial charge in [0.15, 0.2) is 0 Å². The van der Waals surface area contributed by atoms with Crippen molar-refractivity contribution in [1.29, 1.82) is 0 Å². The minimum Gasteiger partial charge on any atom is -0.377 e. The normalized spacial score (nSPS) is 11.9. The van der Waals surface area contributed by atoms with Crippen LogP contribution < -0.4 is 16.6 Å². The van der Waals surface area contributed by atoms with Crippen LogP contribution >= 0.6 is 11.3 Å². The van der Waals surface area contributed by atoms with Crippen LogP contribution in [0.3, 0.4) is 0 Å². The van der Waals surface area contributed by atoms with E-state index in [2.05, 4.69) is 22.9 Å². The number of nitro groups is 1. The summed E-state index contributed by atoms with van der Waals surface area (Å²) in [7, 11) is 0. The van der Waals surface area contributed by atoms with Gasteiger partial charge in [-0.05, 0) is 32.0 Å². The van der Waals surface area contributed by atoms with E-state index in [0.717, 1.165) is 0 Å². The molecule has 4 N–H and O–H groups in total. The summed E-state index contributed by atoms with van der Waals surface area (Å²) in [6, 6.07) is 8.81. The zero-order chi connectivity index (χ0) is 14.7. The molecule has 2 aromatic rings. The molecule has 0 saturated heterocycles. The summed E-state index contributed by atoms with van der Waals surface area (Å²) in [5.41, 5.74) is 3.59. The fraction of sp³-hybridized carbons (Fsp3) is 0.231. The average Bonchev–Trinajstić information content (AvgIpc) is 2.85. The van der Waals surface area contributed by atoms with Crippen molar-refractivity contribution in [1.82, 2.24) is 0 Å². The molecule has 0 aliphatic rings. The van der Waals surface area contributed by atoms with Crippen LogP contribution in [0, 0.1) is 17.0 Å². The number of nitrogens with zero attached hydrogens (tertiary/aromatic N) is 1. The van der Waals surface area contributed by atoms with Crippen LogP contribution in [-0.4, -0.2) is 4.92 Å². The number of nitrogens with one attached hydrogen (secondary N) is 2. The van der Waals surface area contributed by atoms with Crippen molar-refractivity contribution in [3.63, 3.8) is 0 Å². The number of aryl methyl sites for hydroxylation is 1. The Kier molecular flexibility index (Phi) is 4.21. The first kappa shape index (κ1) is 14.3. The zero-order valence-electron chi connectivity index (χ0n) is 11.2. The topological polar surface area (TPSA) is 93.2 Å². The number of benzene rings is 1. The van der Waals surface area contributed by atoms with E-state index >= 15 is 0 Å². The van der Waals surface area contributed by atoms with Crippen molar-refractivity contribution >= 4 is 28.4 Å². The average molecular weight is 292 g/mol. The van der Waals surface area contributed by atoms with Crippen molar-refractivity contribution in [3.8, 4) is 0 Å². The van der Waals surface area contributed by atoms with Crippen LogP contribution in [0.5, 0.6) is 0 Å². The fourth-order valence-electron chi connectivity index (χ4n) is 1.89. The largest absolute Gasteiger partial charge is 0.377 e. The molecule has 1 aromatic heterocycles. The quantitative estimate of drug-likeness (QED) is 0.446. The molecule has 6 nitrogen and oxygen atoms in total. The summed E-state index contributed by atoms with van der Waals surface area (Å²) in [5, 5.41) is 14.1. The van der Waals surface area contributed by atoms with Gasteiger partial charge in [-0.15, -0.1) is 11.3 Å². The van der Waals surface area contributed by atoms with Gasteiger partial charge in [-0.2, -0.15) is 0 Å². The lowest BCUT2D eigenvalue weighted by Gasteiger charge is -2.14. The first-order valence-electron chi connectivity index (χ1n) is 6.08. The van der Waals surface area contributed by atoms with Crippen molar-refractivity contribution in [3.05, 3.63) is 50.2 Å². The molecule has 0 fully saturated rings. The Balaban J connectivity index is 2.24. The van der Waals surface area contributed by atoms with Crippen LogP contribution in [0.15, 0.2) is 30.3 Å². The number of nitro benzene ring substituents is 1. The molecule has 1 atom stereocenters. The second-order valence-corrected chi connectivity index (χ2v) is 5.80. The number of hydrazine groups is 1. The summed E-state index contributed by atoms with van der Waals surface area (Å²) in [5.74, 6) is 5.33. The van der Waals surface area contributed by atoms with Gasteiger partial charge in [-0.1, -0.05) is 0 Å². The predicted molar refractivity (Wildman–Crippen MR) is 82.0 cm³/mol. The van der Waals surface area contributed by atoms with Gasteiger partial charge in [0.25, 0.3) is 5.69 Å². The Labute approximate surface area is 120 Å². The van der Waals surface area contributed by atoms with Gasteiger partial charge < -0.3 is 10.7 Å². The molecule has 0 amide bonds. The number of rotatable bonds is 5. The SMILES string of the molecule is Cc1ccc(C(C)Nc2cc(NN)cc([N+](=O)[O-])c2)s1. The molecular formula is C13H16N4O2S. The van der Waals surface area contributed by atoms with Crippen molar-refractivity contribution in [2.45, 2.75) is 19.9 Å². The molecule has 2 rings (SSSR count). The second kappa shape index (κ2) is 5.89. The van der Waals surface area contributed by atoms with E-state index < -0.39 is 4.92 Å².